The number of alkyl halides is 1. The van der Waals surface area contributed by atoms with Crippen LogP contribution in [0.4, 0.5) is 0 Å². The van der Waals surface area contributed by atoms with Crippen LogP contribution in [0.1, 0.15) is 12.0 Å². The Labute approximate surface area is 92.3 Å². The van der Waals surface area contributed by atoms with Gasteiger partial charge in [0, 0.05) is 16.9 Å². The standard InChI is InChI=1S/C12H12BrN/c13-7-1-3-10-5-6-11-4-2-8-14-12(11)9-10/h2,4-6,8-9H,1,3,7H2. The molecule has 0 bridgehead atoms. The third kappa shape index (κ3) is 2.13. The first-order chi connectivity index (χ1) is 6.90. The van der Waals surface area contributed by atoms with E-state index >= 15 is 0 Å². The molecule has 1 aromatic carbocycles. The summed E-state index contributed by atoms with van der Waals surface area (Å²) < 4.78 is 0. The molecule has 0 atom stereocenters. The molecule has 0 saturated heterocycles. The maximum absolute atomic E-state index is 4.34. The van der Waals surface area contributed by atoms with Crippen LogP contribution in [0.3, 0.4) is 0 Å². The Kier molecular flexibility index (Phi) is 3.14. The first-order valence-electron chi connectivity index (χ1n) is 4.80. The molecule has 0 N–H and O–H groups in total. The zero-order valence-electron chi connectivity index (χ0n) is 7.91. The molecule has 2 aromatic rings. The first kappa shape index (κ1) is 9.66. The van der Waals surface area contributed by atoms with Crippen LogP contribution in [0.15, 0.2) is 36.5 Å². The Morgan fingerprint density at radius 1 is 1.21 bits per heavy atom. The van der Waals surface area contributed by atoms with Crippen molar-refractivity contribution in [2.75, 3.05) is 5.33 Å². The van der Waals surface area contributed by atoms with Gasteiger partial charge in [0.05, 0.1) is 5.52 Å². The summed E-state index contributed by atoms with van der Waals surface area (Å²) in [7, 11) is 0. The highest BCUT2D eigenvalue weighted by molar-refractivity contribution is 9.09. The van der Waals surface area contributed by atoms with Crippen molar-refractivity contribution in [3.8, 4) is 0 Å². The van der Waals surface area contributed by atoms with Gasteiger partial charge < -0.3 is 0 Å². The second-order valence-corrected chi connectivity index (χ2v) is 4.12. The minimum Gasteiger partial charge on any atom is -0.256 e. The number of hydrogen-bond donors (Lipinski definition) is 0. The van der Waals surface area contributed by atoms with E-state index in [1.165, 1.54) is 17.4 Å². The molecule has 0 aliphatic carbocycles. The summed E-state index contributed by atoms with van der Waals surface area (Å²) in [6.07, 6.45) is 4.15. The SMILES string of the molecule is BrCCCc1ccc2cccnc2c1. The van der Waals surface area contributed by atoms with Crippen molar-refractivity contribution in [1.29, 1.82) is 0 Å². The number of fused-ring (bicyclic) bond motifs is 1. The van der Waals surface area contributed by atoms with Gasteiger partial charge in [-0.2, -0.15) is 0 Å². The molecule has 2 heteroatoms. The average molecular weight is 250 g/mol. The molecule has 0 radical (unpaired) electrons. The van der Waals surface area contributed by atoms with Gasteiger partial charge in [-0.1, -0.05) is 34.1 Å². The third-order valence-corrected chi connectivity index (χ3v) is 2.83. The fourth-order valence-electron chi connectivity index (χ4n) is 1.54. The second kappa shape index (κ2) is 4.56. The number of hydrogen-bond acceptors (Lipinski definition) is 1. The number of halogens is 1. The van der Waals surface area contributed by atoms with Crippen molar-refractivity contribution in [2.45, 2.75) is 12.8 Å². The molecule has 14 heavy (non-hydrogen) atoms. The molecule has 2 rings (SSSR count). The van der Waals surface area contributed by atoms with Crippen molar-refractivity contribution in [1.82, 2.24) is 4.98 Å². The molecule has 0 saturated carbocycles. The lowest BCUT2D eigenvalue weighted by Gasteiger charge is -2.01. The Balaban J connectivity index is 2.32. The second-order valence-electron chi connectivity index (χ2n) is 3.32. The van der Waals surface area contributed by atoms with Gasteiger partial charge in [0.15, 0.2) is 0 Å². The van der Waals surface area contributed by atoms with E-state index in [0.717, 1.165) is 17.3 Å². The summed E-state index contributed by atoms with van der Waals surface area (Å²) in [4.78, 5) is 4.34. The lowest BCUT2D eigenvalue weighted by Crippen LogP contribution is -1.87. The van der Waals surface area contributed by atoms with E-state index in [-0.39, 0.29) is 0 Å². The summed E-state index contributed by atoms with van der Waals surface area (Å²) in [6.45, 7) is 0. The Hall–Kier alpha value is -0.890. The molecule has 0 fully saturated rings. The quantitative estimate of drug-likeness (QED) is 0.759. The maximum Gasteiger partial charge on any atom is 0.0704 e. The van der Waals surface area contributed by atoms with Crippen molar-refractivity contribution < 1.29 is 0 Å². The largest absolute Gasteiger partial charge is 0.256 e. The highest BCUT2D eigenvalue weighted by Gasteiger charge is 1.96. The zero-order valence-corrected chi connectivity index (χ0v) is 9.50. The van der Waals surface area contributed by atoms with Crippen LogP contribution >= 0.6 is 15.9 Å². The van der Waals surface area contributed by atoms with E-state index in [1.807, 2.05) is 12.3 Å². The molecule has 0 aliphatic rings. The first-order valence-corrected chi connectivity index (χ1v) is 5.92. The predicted octanol–water partition coefficient (Wildman–Crippen LogP) is 3.56. The zero-order chi connectivity index (χ0) is 9.80. The molecule has 0 amide bonds. The lowest BCUT2D eigenvalue weighted by molar-refractivity contribution is 0.941. The molecule has 0 aliphatic heterocycles. The van der Waals surface area contributed by atoms with E-state index in [2.05, 4.69) is 45.2 Å². The Bertz CT molecular complexity index is 425. The van der Waals surface area contributed by atoms with E-state index in [4.69, 9.17) is 0 Å². The fraction of sp³-hybridized carbons (Fsp3) is 0.250. The molecular formula is C12H12BrN. The van der Waals surface area contributed by atoms with E-state index < -0.39 is 0 Å². The van der Waals surface area contributed by atoms with Crippen LogP contribution in [-0.4, -0.2) is 10.3 Å². The number of benzene rings is 1. The van der Waals surface area contributed by atoms with Crippen LogP contribution in [0.5, 0.6) is 0 Å². The van der Waals surface area contributed by atoms with Gasteiger partial charge >= 0.3 is 0 Å². The smallest absolute Gasteiger partial charge is 0.0704 e. The number of aromatic nitrogens is 1. The van der Waals surface area contributed by atoms with Crippen LogP contribution in [0.2, 0.25) is 0 Å². The maximum atomic E-state index is 4.34. The Morgan fingerprint density at radius 3 is 3.00 bits per heavy atom. The fourth-order valence-corrected chi connectivity index (χ4v) is 1.82. The highest BCUT2D eigenvalue weighted by atomic mass is 79.9. The number of rotatable bonds is 3. The molecule has 1 aromatic heterocycles. The van der Waals surface area contributed by atoms with Gasteiger partial charge in [-0.25, -0.2) is 0 Å². The summed E-state index contributed by atoms with van der Waals surface area (Å²) in [5, 5.41) is 2.28. The van der Waals surface area contributed by atoms with Gasteiger partial charge in [0.25, 0.3) is 0 Å². The van der Waals surface area contributed by atoms with Gasteiger partial charge in [-0.15, -0.1) is 0 Å². The van der Waals surface area contributed by atoms with Gasteiger partial charge in [0.1, 0.15) is 0 Å². The summed E-state index contributed by atoms with van der Waals surface area (Å²) in [6, 6.07) is 10.6. The van der Waals surface area contributed by atoms with Crippen molar-refractivity contribution in [3.63, 3.8) is 0 Å². The molecule has 0 spiro atoms. The number of pyridine rings is 1. The van der Waals surface area contributed by atoms with Crippen LogP contribution < -0.4 is 0 Å². The lowest BCUT2D eigenvalue weighted by atomic mass is 10.1. The minimum atomic E-state index is 1.06. The molecule has 1 nitrogen and oxygen atoms in total. The van der Waals surface area contributed by atoms with Crippen molar-refractivity contribution in [2.24, 2.45) is 0 Å². The summed E-state index contributed by atoms with van der Waals surface area (Å²) in [5.41, 5.74) is 2.47. The van der Waals surface area contributed by atoms with Crippen molar-refractivity contribution >= 4 is 26.8 Å². The molecular weight excluding hydrogens is 238 g/mol. The highest BCUT2D eigenvalue weighted by Crippen LogP contribution is 2.14. The van der Waals surface area contributed by atoms with Crippen LogP contribution in [0.25, 0.3) is 10.9 Å². The predicted molar refractivity (Wildman–Crippen MR) is 63.9 cm³/mol. The minimum absolute atomic E-state index is 1.06. The van der Waals surface area contributed by atoms with Gasteiger partial charge in [-0.3, -0.25) is 4.98 Å². The van der Waals surface area contributed by atoms with E-state index in [0.29, 0.717) is 0 Å². The van der Waals surface area contributed by atoms with E-state index in [9.17, 15) is 0 Å². The van der Waals surface area contributed by atoms with E-state index in [1.54, 1.807) is 0 Å². The monoisotopic (exact) mass is 249 g/mol. The topological polar surface area (TPSA) is 12.9 Å². The summed E-state index contributed by atoms with van der Waals surface area (Å²) >= 11 is 3.44. The van der Waals surface area contributed by atoms with Crippen LogP contribution in [0, 0.1) is 0 Å². The van der Waals surface area contributed by atoms with Gasteiger partial charge in [0.2, 0.25) is 0 Å². The van der Waals surface area contributed by atoms with Gasteiger partial charge in [-0.05, 0) is 30.5 Å². The summed E-state index contributed by atoms with van der Waals surface area (Å²) in [5.74, 6) is 0. The molecule has 0 unspecified atom stereocenters. The third-order valence-electron chi connectivity index (χ3n) is 2.27. The molecule has 72 valence electrons. The average Bonchev–Trinajstić information content (AvgIpc) is 2.26. The normalized spacial score (nSPS) is 10.6. The molecule has 1 heterocycles. The number of aryl methyl sites for hydroxylation is 1. The van der Waals surface area contributed by atoms with Crippen molar-refractivity contribution in [3.05, 3.63) is 42.1 Å². The number of nitrogens with zero attached hydrogens (tertiary/aromatic N) is 1. The van der Waals surface area contributed by atoms with Crippen LogP contribution in [-0.2, 0) is 6.42 Å². The Morgan fingerprint density at radius 2 is 2.14 bits per heavy atom.